The van der Waals surface area contributed by atoms with E-state index in [9.17, 15) is 9.59 Å². The standard InChI is InChI=1S/C23H20N4O3S2/c1-15-5-11-18(12-6-15)27-21(19-4-3-13-31-19)25-26-23(27)32-14-20(28)24-17-9-7-16(8-10-17)22(29)30-2/h3-13H,14H2,1-2H3,(H,24,28). The van der Waals surface area contributed by atoms with Crippen molar-refractivity contribution in [3.05, 3.63) is 77.2 Å². The third-order valence-electron chi connectivity index (χ3n) is 4.59. The van der Waals surface area contributed by atoms with Crippen molar-refractivity contribution in [3.63, 3.8) is 0 Å². The fraction of sp³-hybridized carbons (Fsp3) is 0.130. The number of hydrogen-bond donors (Lipinski definition) is 1. The van der Waals surface area contributed by atoms with Crippen LogP contribution in [0.1, 0.15) is 15.9 Å². The zero-order chi connectivity index (χ0) is 22.5. The van der Waals surface area contributed by atoms with Crippen molar-refractivity contribution in [1.82, 2.24) is 14.8 Å². The molecule has 162 valence electrons. The number of benzene rings is 2. The average molecular weight is 465 g/mol. The molecule has 0 bridgehead atoms. The topological polar surface area (TPSA) is 86.1 Å². The molecule has 0 aliphatic heterocycles. The summed E-state index contributed by atoms with van der Waals surface area (Å²) in [6.45, 7) is 2.04. The molecular formula is C23H20N4O3S2. The van der Waals surface area contributed by atoms with Gasteiger partial charge in [-0.25, -0.2) is 4.79 Å². The van der Waals surface area contributed by atoms with Crippen LogP contribution in [0.25, 0.3) is 16.4 Å². The number of rotatable bonds is 7. The largest absolute Gasteiger partial charge is 0.465 e. The number of methoxy groups -OCH3 is 1. The summed E-state index contributed by atoms with van der Waals surface area (Å²) in [6.07, 6.45) is 0. The quantitative estimate of drug-likeness (QED) is 0.312. The number of hydrogen-bond acceptors (Lipinski definition) is 7. The van der Waals surface area contributed by atoms with Gasteiger partial charge in [0.05, 0.1) is 23.3 Å². The van der Waals surface area contributed by atoms with Gasteiger partial charge < -0.3 is 10.1 Å². The van der Waals surface area contributed by atoms with E-state index < -0.39 is 5.97 Å². The first-order valence-corrected chi connectivity index (χ1v) is 11.6. The van der Waals surface area contributed by atoms with Crippen molar-refractivity contribution in [1.29, 1.82) is 0 Å². The Labute approximate surface area is 193 Å². The molecule has 1 N–H and O–H groups in total. The van der Waals surface area contributed by atoms with E-state index in [1.54, 1.807) is 35.6 Å². The third kappa shape index (κ3) is 4.90. The van der Waals surface area contributed by atoms with Gasteiger partial charge in [-0.1, -0.05) is 35.5 Å². The van der Waals surface area contributed by atoms with E-state index in [1.807, 2.05) is 53.3 Å². The van der Waals surface area contributed by atoms with Crippen LogP contribution in [-0.2, 0) is 9.53 Å². The van der Waals surface area contributed by atoms with E-state index in [0.717, 1.165) is 22.0 Å². The van der Waals surface area contributed by atoms with E-state index in [4.69, 9.17) is 0 Å². The molecule has 9 heteroatoms. The molecule has 1 amide bonds. The van der Waals surface area contributed by atoms with Gasteiger partial charge in [-0.15, -0.1) is 21.5 Å². The third-order valence-corrected chi connectivity index (χ3v) is 6.38. The second-order valence-electron chi connectivity index (χ2n) is 6.86. The number of amides is 1. The summed E-state index contributed by atoms with van der Waals surface area (Å²) >= 11 is 2.90. The van der Waals surface area contributed by atoms with Crippen LogP contribution < -0.4 is 5.32 Å². The molecule has 2 aromatic heterocycles. The highest BCUT2D eigenvalue weighted by molar-refractivity contribution is 7.99. The fourth-order valence-corrected chi connectivity index (χ4v) is 4.44. The number of carbonyl (C=O) groups excluding carboxylic acids is 2. The number of esters is 1. The van der Waals surface area contributed by atoms with Gasteiger partial charge in [-0.05, 0) is 54.8 Å². The van der Waals surface area contributed by atoms with Crippen LogP contribution >= 0.6 is 23.1 Å². The zero-order valence-corrected chi connectivity index (χ0v) is 19.1. The summed E-state index contributed by atoms with van der Waals surface area (Å²) in [6, 6.07) is 18.6. The minimum atomic E-state index is -0.421. The summed E-state index contributed by atoms with van der Waals surface area (Å²) in [5.74, 6) is 0.297. The van der Waals surface area contributed by atoms with Gasteiger partial charge in [0.25, 0.3) is 0 Å². The molecule has 32 heavy (non-hydrogen) atoms. The lowest BCUT2D eigenvalue weighted by atomic mass is 10.2. The highest BCUT2D eigenvalue weighted by Crippen LogP contribution is 2.30. The highest BCUT2D eigenvalue weighted by Gasteiger charge is 2.18. The second-order valence-corrected chi connectivity index (χ2v) is 8.75. The van der Waals surface area contributed by atoms with Gasteiger partial charge in [0, 0.05) is 11.4 Å². The number of thioether (sulfide) groups is 1. The minimum Gasteiger partial charge on any atom is -0.465 e. The van der Waals surface area contributed by atoms with Crippen LogP contribution in [0, 0.1) is 6.92 Å². The van der Waals surface area contributed by atoms with Crippen molar-refractivity contribution in [2.75, 3.05) is 18.2 Å². The number of carbonyl (C=O) groups is 2. The molecule has 0 radical (unpaired) electrons. The molecule has 0 unspecified atom stereocenters. The normalized spacial score (nSPS) is 10.7. The number of aryl methyl sites for hydroxylation is 1. The second kappa shape index (κ2) is 9.80. The predicted molar refractivity (Wildman–Crippen MR) is 127 cm³/mol. The monoisotopic (exact) mass is 464 g/mol. The Morgan fingerprint density at radius 2 is 1.81 bits per heavy atom. The molecule has 2 heterocycles. The lowest BCUT2D eigenvalue weighted by Gasteiger charge is -2.10. The van der Waals surface area contributed by atoms with Gasteiger partial charge >= 0.3 is 5.97 Å². The summed E-state index contributed by atoms with van der Waals surface area (Å²) in [4.78, 5) is 25.0. The molecule has 0 aliphatic rings. The smallest absolute Gasteiger partial charge is 0.337 e. The molecule has 0 aliphatic carbocycles. The first kappa shape index (κ1) is 21.8. The van der Waals surface area contributed by atoms with Crippen LogP contribution in [0.3, 0.4) is 0 Å². The van der Waals surface area contributed by atoms with Gasteiger partial charge in [0.15, 0.2) is 11.0 Å². The molecule has 0 fully saturated rings. The van der Waals surface area contributed by atoms with Crippen LogP contribution in [-0.4, -0.2) is 39.5 Å². The lowest BCUT2D eigenvalue weighted by Crippen LogP contribution is -2.14. The van der Waals surface area contributed by atoms with Gasteiger partial charge in [-0.3, -0.25) is 9.36 Å². The number of thiophene rings is 1. The van der Waals surface area contributed by atoms with Crippen LogP contribution in [0.4, 0.5) is 5.69 Å². The van der Waals surface area contributed by atoms with Crippen LogP contribution in [0.5, 0.6) is 0 Å². The number of ether oxygens (including phenoxy) is 1. The van der Waals surface area contributed by atoms with Crippen molar-refractivity contribution >= 4 is 40.7 Å². The summed E-state index contributed by atoms with van der Waals surface area (Å²) in [5, 5.41) is 14.2. The van der Waals surface area contributed by atoms with Gasteiger partial charge in [0.2, 0.25) is 5.91 Å². The Hall–Kier alpha value is -3.43. The average Bonchev–Trinajstić information content (AvgIpc) is 3.48. The van der Waals surface area contributed by atoms with Crippen LogP contribution in [0.2, 0.25) is 0 Å². The van der Waals surface area contributed by atoms with E-state index in [-0.39, 0.29) is 11.7 Å². The van der Waals surface area contributed by atoms with E-state index in [2.05, 4.69) is 20.3 Å². The van der Waals surface area contributed by atoms with E-state index >= 15 is 0 Å². The summed E-state index contributed by atoms with van der Waals surface area (Å²) < 4.78 is 6.65. The Morgan fingerprint density at radius 1 is 1.06 bits per heavy atom. The Morgan fingerprint density at radius 3 is 2.47 bits per heavy atom. The molecule has 0 saturated heterocycles. The summed E-state index contributed by atoms with van der Waals surface area (Å²) in [7, 11) is 1.33. The van der Waals surface area contributed by atoms with E-state index in [1.165, 1.54) is 18.9 Å². The molecule has 0 saturated carbocycles. The van der Waals surface area contributed by atoms with Gasteiger partial charge in [0.1, 0.15) is 0 Å². The highest BCUT2D eigenvalue weighted by atomic mass is 32.2. The fourth-order valence-electron chi connectivity index (χ4n) is 2.99. The van der Waals surface area contributed by atoms with Crippen molar-refractivity contribution in [2.45, 2.75) is 12.1 Å². The maximum Gasteiger partial charge on any atom is 0.337 e. The zero-order valence-electron chi connectivity index (χ0n) is 17.4. The molecule has 4 rings (SSSR count). The Bertz CT molecular complexity index is 1220. The molecule has 0 spiro atoms. The van der Waals surface area contributed by atoms with Crippen molar-refractivity contribution < 1.29 is 14.3 Å². The Kier molecular flexibility index (Phi) is 6.67. The number of aromatic nitrogens is 3. The molecule has 7 nitrogen and oxygen atoms in total. The number of nitrogens with zero attached hydrogens (tertiary/aromatic N) is 3. The maximum atomic E-state index is 12.5. The number of nitrogens with one attached hydrogen (secondary N) is 1. The maximum absolute atomic E-state index is 12.5. The van der Waals surface area contributed by atoms with Crippen molar-refractivity contribution in [2.24, 2.45) is 0 Å². The van der Waals surface area contributed by atoms with Gasteiger partial charge in [-0.2, -0.15) is 0 Å². The molecule has 0 atom stereocenters. The minimum absolute atomic E-state index is 0.160. The first-order chi connectivity index (χ1) is 15.5. The predicted octanol–water partition coefficient (Wildman–Crippen LogP) is 4.82. The Balaban J connectivity index is 1.50. The van der Waals surface area contributed by atoms with Crippen molar-refractivity contribution in [3.8, 4) is 16.4 Å². The SMILES string of the molecule is COC(=O)c1ccc(NC(=O)CSc2nnc(-c3cccs3)n2-c2ccc(C)cc2)cc1. The summed E-state index contributed by atoms with van der Waals surface area (Å²) in [5.41, 5.74) is 3.12. The van der Waals surface area contributed by atoms with E-state index in [0.29, 0.717) is 16.4 Å². The molecular weight excluding hydrogens is 444 g/mol. The number of anilines is 1. The molecule has 4 aromatic rings. The molecule has 2 aromatic carbocycles. The first-order valence-electron chi connectivity index (χ1n) is 9.72. The lowest BCUT2D eigenvalue weighted by molar-refractivity contribution is -0.113. The van der Waals surface area contributed by atoms with Crippen LogP contribution in [0.15, 0.2) is 71.2 Å².